The Morgan fingerprint density at radius 1 is 1.18 bits per heavy atom. The molecule has 0 bridgehead atoms. The third kappa shape index (κ3) is 1.08. The predicted octanol–water partition coefficient (Wildman–Crippen LogP) is 0.639. The number of aromatic nitrogens is 4. The summed E-state index contributed by atoms with van der Waals surface area (Å²) >= 11 is 2.20. The third-order valence-electron chi connectivity index (χ3n) is 1.12. The highest BCUT2D eigenvalue weighted by Gasteiger charge is 2.08. The molecule has 5 nitrogen and oxygen atoms in total. The minimum Gasteiger partial charge on any atom is -0.381 e. The van der Waals surface area contributed by atoms with Crippen molar-refractivity contribution in [1.29, 1.82) is 0 Å². The van der Waals surface area contributed by atoms with E-state index in [1.54, 1.807) is 6.20 Å². The van der Waals surface area contributed by atoms with Gasteiger partial charge in [-0.3, -0.25) is 0 Å². The average Bonchev–Trinajstić information content (AvgIpc) is 2.55. The minimum atomic E-state index is 0.419. The first-order valence-corrected chi connectivity index (χ1v) is 4.20. The first-order chi connectivity index (χ1) is 5.38. The van der Waals surface area contributed by atoms with E-state index in [1.165, 1.54) is 0 Å². The quantitative estimate of drug-likeness (QED) is 0.705. The number of anilines is 1. The molecule has 2 N–H and O–H groups in total. The maximum absolute atomic E-state index is 5.51. The van der Waals surface area contributed by atoms with Crippen LogP contribution in [0.15, 0.2) is 6.20 Å². The van der Waals surface area contributed by atoms with Gasteiger partial charge in [-0.2, -0.15) is 17.5 Å². The second-order valence-corrected chi connectivity index (χ2v) is 2.88. The van der Waals surface area contributed by atoms with Gasteiger partial charge in [0.05, 0.1) is 29.7 Å². The largest absolute Gasteiger partial charge is 0.381 e. The molecule has 0 saturated carbocycles. The van der Waals surface area contributed by atoms with Crippen molar-refractivity contribution in [2.75, 3.05) is 5.73 Å². The van der Waals surface area contributed by atoms with Gasteiger partial charge in [-0.25, -0.2) is 0 Å². The topological polar surface area (TPSA) is 77.6 Å². The monoisotopic (exact) mass is 185 g/mol. The molecule has 0 spiro atoms. The Bertz CT molecular complexity index is 339. The van der Waals surface area contributed by atoms with Crippen LogP contribution < -0.4 is 5.73 Å². The van der Waals surface area contributed by atoms with Crippen LogP contribution in [-0.4, -0.2) is 17.5 Å². The summed E-state index contributed by atoms with van der Waals surface area (Å²) in [5.41, 5.74) is 6.83. The van der Waals surface area contributed by atoms with E-state index in [4.69, 9.17) is 5.73 Å². The highest BCUT2D eigenvalue weighted by atomic mass is 32.1. The Morgan fingerprint density at radius 3 is 2.64 bits per heavy atom. The third-order valence-corrected chi connectivity index (χ3v) is 2.14. The number of nitrogens with zero attached hydrogens (tertiary/aromatic N) is 4. The molecular weight excluding hydrogens is 182 g/mol. The van der Waals surface area contributed by atoms with Gasteiger partial charge in [-0.05, 0) is 0 Å². The molecular formula is C4H3N5S2. The molecule has 0 aromatic carbocycles. The minimum absolute atomic E-state index is 0.419. The van der Waals surface area contributed by atoms with Crippen LogP contribution in [0.5, 0.6) is 0 Å². The van der Waals surface area contributed by atoms with E-state index in [9.17, 15) is 0 Å². The molecule has 0 aliphatic carbocycles. The van der Waals surface area contributed by atoms with E-state index in [0.29, 0.717) is 17.2 Å². The van der Waals surface area contributed by atoms with Crippen LogP contribution in [0.3, 0.4) is 0 Å². The molecule has 2 rings (SSSR count). The van der Waals surface area contributed by atoms with Gasteiger partial charge in [0.25, 0.3) is 0 Å². The van der Waals surface area contributed by atoms with Crippen molar-refractivity contribution in [3.05, 3.63) is 6.20 Å². The zero-order chi connectivity index (χ0) is 7.68. The molecule has 2 heterocycles. The molecule has 0 unspecified atom stereocenters. The van der Waals surface area contributed by atoms with E-state index >= 15 is 0 Å². The van der Waals surface area contributed by atoms with Crippen LogP contribution in [0.1, 0.15) is 0 Å². The Morgan fingerprint density at radius 2 is 2.09 bits per heavy atom. The molecule has 0 atom stereocenters. The molecule has 2 aromatic heterocycles. The molecule has 0 fully saturated rings. The predicted molar refractivity (Wildman–Crippen MR) is 43.2 cm³/mol. The van der Waals surface area contributed by atoms with Gasteiger partial charge in [0.15, 0.2) is 5.82 Å². The summed E-state index contributed by atoms with van der Waals surface area (Å²) in [6.07, 6.45) is 1.62. The van der Waals surface area contributed by atoms with Gasteiger partial charge in [0.2, 0.25) is 0 Å². The first kappa shape index (κ1) is 6.62. The van der Waals surface area contributed by atoms with E-state index in [2.05, 4.69) is 17.5 Å². The summed E-state index contributed by atoms with van der Waals surface area (Å²) in [5, 5.41) is 0. The highest BCUT2D eigenvalue weighted by Crippen LogP contribution is 2.20. The second-order valence-electron chi connectivity index (χ2n) is 1.79. The zero-order valence-electron chi connectivity index (χ0n) is 5.26. The highest BCUT2D eigenvalue weighted by molar-refractivity contribution is 7.00. The van der Waals surface area contributed by atoms with Crippen molar-refractivity contribution in [2.45, 2.75) is 0 Å². The SMILES string of the molecule is Nc1nsnc1-c1cnsn1. The van der Waals surface area contributed by atoms with Crippen LogP contribution >= 0.6 is 23.5 Å². The molecule has 7 heteroatoms. The van der Waals surface area contributed by atoms with E-state index in [-0.39, 0.29) is 0 Å². The number of hydrogen-bond acceptors (Lipinski definition) is 7. The molecule has 0 radical (unpaired) electrons. The van der Waals surface area contributed by atoms with Crippen LogP contribution in [0.2, 0.25) is 0 Å². The van der Waals surface area contributed by atoms with Crippen molar-refractivity contribution in [3.63, 3.8) is 0 Å². The van der Waals surface area contributed by atoms with Crippen molar-refractivity contribution < 1.29 is 0 Å². The maximum Gasteiger partial charge on any atom is 0.167 e. The number of rotatable bonds is 1. The average molecular weight is 185 g/mol. The van der Waals surface area contributed by atoms with Gasteiger partial charge < -0.3 is 5.73 Å². The first-order valence-electron chi connectivity index (χ1n) is 2.74. The Hall–Kier alpha value is -1.08. The molecule has 0 aliphatic heterocycles. The van der Waals surface area contributed by atoms with Gasteiger partial charge in [0.1, 0.15) is 11.4 Å². The van der Waals surface area contributed by atoms with Gasteiger partial charge in [-0.15, -0.1) is 0 Å². The van der Waals surface area contributed by atoms with Crippen molar-refractivity contribution in [1.82, 2.24) is 17.5 Å². The molecule has 11 heavy (non-hydrogen) atoms. The number of hydrogen-bond donors (Lipinski definition) is 1. The smallest absolute Gasteiger partial charge is 0.167 e. The second kappa shape index (κ2) is 2.51. The number of nitrogens with two attached hydrogens (primary N) is 1. The van der Waals surface area contributed by atoms with Crippen LogP contribution in [0.25, 0.3) is 11.4 Å². The summed E-state index contributed by atoms with van der Waals surface area (Å²) in [7, 11) is 0. The standard InChI is InChI=1S/C4H3N5S2/c5-4-3(8-11-9-4)2-1-6-10-7-2/h1H,(H2,5,9). The fourth-order valence-electron chi connectivity index (χ4n) is 0.642. The van der Waals surface area contributed by atoms with Gasteiger partial charge in [-0.1, -0.05) is 0 Å². The molecule has 2 aromatic rings. The van der Waals surface area contributed by atoms with Crippen molar-refractivity contribution >= 4 is 29.3 Å². The van der Waals surface area contributed by atoms with Crippen LogP contribution in [0.4, 0.5) is 5.82 Å². The van der Waals surface area contributed by atoms with Gasteiger partial charge >= 0.3 is 0 Å². The fraction of sp³-hybridized carbons (Fsp3) is 0. The fourth-order valence-corrected chi connectivity index (χ4v) is 1.54. The Balaban J connectivity index is 2.53. The lowest BCUT2D eigenvalue weighted by Crippen LogP contribution is -1.87. The lowest BCUT2D eigenvalue weighted by Gasteiger charge is -1.85. The molecule has 0 aliphatic rings. The lowest BCUT2D eigenvalue weighted by molar-refractivity contribution is 1.42. The summed E-state index contributed by atoms with van der Waals surface area (Å²) < 4.78 is 15.6. The van der Waals surface area contributed by atoms with Crippen molar-refractivity contribution in [3.8, 4) is 11.4 Å². The normalized spacial score (nSPS) is 10.2. The summed E-state index contributed by atoms with van der Waals surface area (Å²) in [5.74, 6) is 0.419. The molecule has 0 saturated heterocycles. The number of nitrogen functional groups attached to an aromatic ring is 1. The Labute approximate surface area is 70.6 Å². The maximum atomic E-state index is 5.51. The van der Waals surface area contributed by atoms with E-state index in [0.717, 1.165) is 23.5 Å². The summed E-state index contributed by atoms with van der Waals surface area (Å²) in [6, 6.07) is 0. The Kier molecular flexibility index (Phi) is 1.51. The molecule has 0 amide bonds. The molecule has 56 valence electrons. The summed E-state index contributed by atoms with van der Waals surface area (Å²) in [6.45, 7) is 0. The van der Waals surface area contributed by atoms with E-state index in [1.807, 2.05) is 0 Å². The summed E-state index contributed by atoms with van der Waals surface area (Å²) in [4.78, 5) is 0. The van der Waals surface area contributed by atoms with Crippen LogP contribution in [-0.2, 0) is 0 Å². The lowest BCUT2D eigenvalue weighted by atomic mass is 10.3. The van der Waals surface area contributed by atoms with E-state index < -0.39 is 0 Å². The van der Waals surface area contributed by atoms with Gasteiger partial charge in [0, 0.05) is 0 Å². The van der Waals surface area contributed by atoms with Crippen LogP contribution in [0, 0.1) is 0 Å². The van der Waals surface area contributed by atoms with Crippen molar-refractivity contribution in [2.24, 2.45) is 0 Å². The zero-order valence-corrected chi connectivity index (χ0v) is 6.89.